The van der Waals surface area contributed by atoms with Crippen LogP contribution in [-0.4, -0.2) is 18.2 Å². The van der Waals surface area contributed by atoms with Gasteiger partial charge in [0.25, 0.3) is 0 Å². The minimum Gasteiger partial charge on any atom is -0.495 e. The highest BCUT2D eigenvalue weighted by molar-refractivity contribution is 5.79. The fourth-order valence-corrected chi connectivity index (χ4v) is 1.86. The van der Waals surface area contributed by atoms with Gasteiger partial charge in [0.15, 0.2) is 0 Å². The standard InChI is InChI=1S/C13H19NO3/c1-3-4-6-10(13(15)16)9-7-5-8-11(17-2)12(9)14/h5,7-8,10H,3-4,6,14H2,1-2H3,(H,15,16). The summed E-state index contributed by atoms with van der Waals surface area (Å²) in [5, 5.41) is 9.24. The lowest BCUT2D eigenvalue weighted by Gasteiger charge is -2.16. The van der Waals surface area contributed by atoms with Crippen LogP contribution in [0, 0.1) is 0 Å². The van der Waals surface area contributed by atoms with Crippen molar-refractivity contribution in [2.45, 2.75) is 32.1 Å². The van der Waals surface area contributed by atoms with Crippen LogP contribution in [0.1, 0.15) is 37.7 Å². The fourth-order valence-electron chi connectivity index (χ4n) is 1.86. The Balaban J connectivity index is 3.05. The Morgan fingerprint density at radius 3 is 2.76 bits per heavy atom. The van der Waals surface area contributed by atoms with Gasteiger partial charge in [0.1, 0.15) is 5.75 Å². The van der Waals surface area contributed by atoms with E-state index in [0.717, 1.165) is 12.8 Å². The van der Waals surface area contributed by atoms with E-state index < -0.39 is 11.9 Å². The molecule has 0 aromatic heterocycles. The molecular formula is C13H19NO3. The first-order valence-electron chi connectivity index (χ1n) is 5.77. The number of para-hydroxylation sites is 1. The molecule has 17 heavy (non-hydrogen) atoms. The second kappa shape index (κ2) is 6.13. The van der Waals surface area contributed by atoms with Crippen LogP contribution in [-0.2, 0) is 4.79 Å². The topological polar surface area (TPSA) is 72.5 Å². The van der Waals surface area contributed by atoms with Gasteiger partial charge in [-0.2, -0.15) is 0 Å². The molecule has 0 aliphatic carbocycles. The molecule has 1 aromatic carbocycles. The van der Waals surface area contributed by atoms with Crippen molar-refractivity contribution in [2.24, 2.45) is 0 Å². The lowest BCUT2D eigenvalue weighted by Crippen LogP contribution is -2.14. The molecule has 1 atom stereocenters. The zero-order valence-electron chi connectivity index (χ0n) is 10.3. The number of aliphatic carboxylic acids is 1. The van der Waals surface area contributed by atoms with Gasteiger partial charge in [-0.25, -0.2) is 0 Å². The quantitative estimate of drug-likeness (QED) is 0.746. The van der Waals surface area contributed by atoms with Crippen LogP contribution in [0.2, 0.25) is 0 Å². The van der Waals surface area contributed by atoms with E-state index in [1.165, 1.54) is 7.11 Å². The molecule has 0 aliphatic heterocycles. The number of hydrogen-bond donors (Lipinski definition) is 2. The van der Waals surface area contributed by atoms with E-state index in [1.807, 2.05) is 6.92 Å². The van der Waals surface area contributed by atoms with Crippen LogP contribution < -0.4 is 10.5 Å². The zero-order valence-corrected chi connectivity index (χ0v) is 10.3. The summed E-state index contributed by atoms with van der Waals surface area (Å²) in [7, 11) is 1.53. The van der Waals surface area contributed by atoms with Crippen molar-refractivity contribution < 1.29 is 14.6 Å². The van der Waals surface area contributed by atoms with E-state index >= 15 is 0 Å². The van der Waals surface area contributed by atoms with Gasteiger partial charge in [-0.15, -0.1) is 0 Å². The van der Waals surface area contributed by atoms with E-state index in [1.54, 1.807) is 18.2 Å². The summed E-state index contributed by atoms with van der Waals surface area (Å²) in [5.74, 6) is -0.853. The normalized spacial score (nSPS) is 12.1. The Kier molecular flexibility index (Phi) is 4.82. The number of rotatable bonds is 6. The van der Waals surface area contributed by atoms with Crippen molar-refractivity contribution in [3.63, 3.8) is 0 Å². The molecule has 4 heteroatoms. The first-order chi connectivity index (χ1) is 8.11. The van der Waals surface area contributed by atoms with Gasteiger partial charge < -0.3 is 15.6 Å². The van der Waals surface area contributed by atoms with Crippen LogP contribution in [0.3, 0.4) is 0 Å². The van der Waals surface area contributed by atoms with Gasteiger partial charge in [-0.3, -0.25) is 4.79 Å². The predicted octanol–water partition coefficient (Wildman–Crippen LogP) is 2.64. The number of hydrogen-bond acceptors (Lipinski definition) is 3. The van der Waals surface area contributed by atoms with Crippen molar-refractivity contribution >= 4 is 11.7 Å². The number of unbranched alkanes of at least 4 members (excludes halogenated alkanes) is 1. The molecule has 1 aromatic rings. The minimum absolute atomic E-state index is 0.429. The summed E-state index contributed by atoms with van der Waals surface area (Å²) in [6, 6.07) is 5.26. The number of ether oxygens (including phenoxy) is 1. The van der Waals surface area contributed by atoms with Crippen LogP contribution in [0.4, 0.5) is 5.69 Å². The number of methoxy groups -OCH3 is 1. The lowest BCUT2D eigenvalue weighted by molar-refractivity contribution is -0.139. The highest BCUT2D eigenvalue weighted by Gasteiger charge is 2.22. The highest BCUT2D eigenvalue weighted by atomic mass is 16.5. The molecule has 0 radical (unpaired) electrons. The summed E-state index contributed by atoms with van der Waals surface area (Å²) >= 11 is 0. The van der Waals surface area contributed by atoms with E-state index in [0.29, 0.717) is 23.4 Å². The van der Waals surface area contributed by atoms with E-state index in [4.69, 9.17) is 10.5 Å². The van der Waals surface area contributed by atoms with E-state index in [-0.39, 0.29) is 0 Å². The van der Waals surface area contributed by atoms with Crippen LogP contribution in [0.15, 0.2) is 18.2 Å². The van der Waals surface area contributed by atoms with Gasteiger partial charge >= 0.3 is 5.97 Å². The number of nitrogens with two attached hydrogens (primary N) is 1. The molecule has 1 unspecified atom stereocenters. The maximum Gasteiger partial charge on any atom is 0.311 e. The Hall–Kier alpha value is -1.71. The van der Waals surface area contributed by atoms with Crippen LogP contribution in [0.25, 0.3) is 0 Å². The van der Waals surface area contributed by atoms with Gasteiger partial charge in [-0.1, -0.05) is 31.9 Å². The summed E-state index contributed by atoms with van der Waals surface area (Å²) < 4.78 is 5.10. The number of carboxylic acids is 1. The fraction of sp³-hybridized carbons (Fsp3) is 0.462. The molecule has 0 aliphatic rings. The average Bonchev–Trinajstić information content (AvgIpc) is 2.31. The van der Waals surface area contributed by atoms with E-state index in [9.17, 15) is 9.90 Å². The Bertz CT molecular complexity index is 390. The van der Waals surface area contributed by atoms with Crippen molar-refractivity contribution in [3.8, 4) is 5.75 Å². The van der Waals surface area contributed by atoms with E-state index in [2.05, 4.69) is 0 Å². The predicted molar refractivity (Wildman–Crippen MR) is 67.3 cm³/mol. The second-order valence-corrected chi connectivity index (χ2v) is 4.00. The smallest absolute Gasteiger partial charge is 0.311 e. The third kappa shape index (κ3) is 3.12. The van der Waals surface area contributed by atoms with Crippen molar-refractivity contribution in [3.05, 3.63) is 23.8 Å². The molecule has 94 valence electrons. The summed E-state index contributed by atoms with van der Waals surface area (Å²) in [6.07, 6.45) is 2.43. The molecule has 0 bridgehead atoms. The molecule has 0 spiro atoms. The molecule has 0 saturated heterocycles. The largest absolute Gasteiger partial charge is 0.495 e. The van der Waals surface area contributed by atoms with Gasteiger partial charge in [0.05, 0.1) is 18.7 Å². The third-order valence-electron chi connectivity index (χ3n) is 2.84. The monoisotopic (exact) mass is 237 g/mol. The minimum atomic E-state index is -0.835. The number of nitrogen functional groups attached to an aromatic ring is 1. The van der Waals surface area contributed by atoms with Gasteiger partial charge in [0.2, 0.25) is 0 Å². The first-order valence-corrected chi connectivity index (χ1v) is 5.77. The number of anilines is 1. The molecule has 1 rings (SSSR count). The van der Waals surface area contributed by atoms with Crippen LogP contribution >= 0.6 is 0 Å². The van der Waals surface area contributed by atoms with Crippen molar-refractivity contribution in [1.29, 1.82) is 0 Å². The van der Waals surface area contributed by atoms with Gasteiger partial charge in [0, 0.05) is 0 Å². The van der Waals surface area contributed by atoms with Crippen molar-refractivity contribution in [1.82, 2.24) is 0 Å². The highest BCUT2D eigenvalue weighted by Crippen LogP contribution is 2.33. The average molecular weight is 237 g/mol. The summed E-state index contributed by atoms with van der Waals surface area (Å²) in [4.78, 5) is 11.3. The SMILES string of the molecule is CCCCC(C(=O)O)c1cccc(OC)c1N. The molecule has 3 N–H and O–H groups in total. The summed E-state index contributed by atoms with van der Waals surface area (Å²) in [6.45, 7) is 2.04. The Labute approximate surface area is 101 Å². The zero-order chi connectivity index (χ0) is 12.8. The Morgan fingerprint density at radius 2 is 2.24 bits per heavy atom. The summed E-state index contributed by atoms with van der Waals surface area (Å²) in [5.41, 5.74) is 6.99. The number of carbonyl (C=O) groups is 1. The molecule has 0 heterocycles. The molecular weight excluding hydrogens is 218 g/mol. The first kappa shape index (κ1) is 13.4. The molecule has 0 fully saturated rings. The third-order valence-corrected chi connectivity index (χ3v) is 2.84. The Morgan fingerprint density at radius 1 is 1.53 bits per heavy atom. The second-order valence-electron chi connectivity index (χ2n) is 4.00. The molecule has 4 nitrogen and oxygen atoms in total. The molecule has 0 saturated carbocycles. The van der Waals surface area contributed by atoms with Crippen molar-refractivity contribution in [2.75, 3.05) is 12.8 Å². The molecule has 0 amide bonds. The lowest BCUT2D eigenvalue weighted by atomic mass is 9.92. The number of carboxylic acid groups (broad SMARTS) is 1. The number of benzene rings is 1. The maximum atomic E-state index is 11.3. The maximum absolute atomic E-state index is 11.3. The van der Waals surface area contributed by atoms with Gasteiger partial charge in [-0.05, 0) is 18.1 Å². The van der Waals surface area contributed by atoms with Crippen LogP contribution in [0.5, 0.6) is 5.75 Å².